The van der Waals surface area contributed by atoms with Crippen LogP contribution in [0.3, 0.4) is 0 Å². The number of amides is 2. The minimum atomic E-state index is -3.98. The van der Waals surface area contributed by atoms with E-state index in [0.717, 1.165) is 22.2 Å². The maximum Gasteiger partial charge on any atom is 0.271 e. The van der Waals surface area contributed by atoms with Crippen molar-refractivity contribution in [3.05, 3.63) is 69.8 Å². The summed E-state index contributed by atoms with van der Waals surface area (Å²) >= 11 is 0. The lowest BCUT2D eigenvalue weighted by molar-refractivity contribution is -0.384. The third-order valence-corrected chi connectivity index (χ3v) is 6.31. The summed E-state index contributed by atoms with van der Waals surface area (Å²) in [5, 5.41) is 13.8. The predicted molar refractivity (Wildman–Crippen MR) is 125 cm³/mol. The Kier molecular flexibility index (Phi) is 8.52. The first-order chi connectivity index (χ1) is 15.5. The maximum absolute atomic E-state index is 13.4. The number of nitro benzene ring substituents is 1. The molecule has 0 aliphatic heterocycles. The van der Waals surface area contributed by atoms with Crippen molar-refractivity contribution in [2.45, 2.75) is 32.9 Å². The average Bonchev–Trinajstić information content (AvgIpc) is 2.77. The van der Waals surface area contributed by atoms with Gasteiger partial charge in [-0.05, 0) is 24.5 Å². The molecule has 10 nitrogen and oxygen atoms in total. The minimum absolute atomic E-state index is 0.0349. The Morgan fingerprint density at radius 3 is 2.30 bits per heavy atom. The Hall–Kier alpha value is -3.47. The molecule has 2 aromatic carbocycles. The molecule has 0 spiro atoms. The summed E-state index contributed by atoms with van der Waals surface area (Å²) in [7, 11) is -2.52. The molecule has 0 aromatic heterocycles. The normalized spacial score (nSPS) is 12.0. The van der Waals surface area contributed by atoms with Crippen molar-refractivity contribution in [3.8, 4) is 0 Å². The van der Waals surface area contributed by atoms with Gasteiger partial charge in [-0.15, -0.1) is 0 Å². The van der Waals surface area contributed by atoms with Crippen LogP contribution >= 0.6 is 0 Å². The van der Waals surface area contributed by atoms with Crippen LogP contribution in [0.25, 0.3) is 0 Å². The summed E-state index contributed by atoms with van der Waals surface area (Å²) in [5.74, 6) is -0.982. The smallest absolute Gasteiger partial charge is 0.271 e. The summed E-state index contributed by atoms with van der Waals surface area (Å²) in [6.45, 7) is 2.84. The van der Waals surface area contributed by atoms with E-state index in [0.29, 0.717) is 12.0 Å². The van der Waals surface area contributed by atoms with Gasteiger partial charge in [-0.1, -0.05) is 43.3 Å². The molecule has 0 aliphatic rings. The molecule has 2 aromatic rings. The number of sulfonamides is 1. The van der Waals surface area contributed by atoms with Crippen LogP contribution in [-0.4, -0.2) is 55.9 Å². The van der Waals surface area contributed by atoms with Crippen LogP contribution in [0.2, 0.25) is 0 Å². The number of carbonyl (C=O) groups excluding carboxylic acids is 2. The second kappa shape index (κ2) is 10.9. The summed E-state index contributed by atoms with van der Waals surface area (Å²) < 4.78 is 26.1. The monoisotopic (exact) mass is 476 g/mol. The zero-order valence-electron chi connectivity index (χ0n) is 19.0. The van der Waals surface area contributed by atoms with Crippen molar-refractivity contribution in [2.75, 3.05) is 24.2 Å². The highest BCUT2D eigenvalue weighted by molar-refractivity contribution is 7.92. The average molecular weight is 477 g/mol. The van der Waals surface area contributed by atoms with Crippen LogP contribution in [0.1, 0.15) is 24.5 Å². The van der Waals surface area contributed by atoms with E-state index in [1.165, 1.54) is 24.1 Å². The summed E-state index contributed by atoms with van der Waals surface area (Å²) in [4.78, 5) is 37.9. The van der Waals surface area contributed by atoms with E-state index in [1.54, 1.807) is 38.1 Å². The Labute approximate surface area is 193 Å². The molecular formula is C22H28N4O6S. The Morgan fingerprint density at radius 2 is 1.79 bits per heavy atom. The molecule has 11 heteroatoms. The topological polar surface area (TPSA) is 130 Å². The lowest BCUT2D eigenvalue weighted by Crippen LogP contribution is -2.51. The lowest BCUT2D eigenvalue weighted by atomic mass is 10.1. The third kappa shape index (κ3) is 6.51. The van der Waals surface area contributed by atoms with E-state index in [1.807, 2.05) is 6.07 Å². The number of likely N-dealkylation sites (N-methyl/N-ethyl adjacent to an activating group) is 1. The molecule has 1 atom stereocenters. The SMILES string of the molecule is CCC(C(=O)NC)N(Cc1ccccc1)C(=O)CN(c1cc([N+](=O)[O-])ccc1C)S(C)(=O)=O. The molecule has 0 saturated heterocycles. The largest absolute Gasteiger partial charge is 0.357 e. The molecule has 178 valence electrons. The first kappa shape index (κ1) is 25.8. The van der Waals surface area contributed by atoms with Crippen LogP contribution in [-0.2, 0) is 26.2 Å². The summed E-state index contributed by atoms with van der Waals surface area (Å²) in [6, 6.07) is 12.0. The van der Waals surface area contributed by atoms with Crippen LogP contribution in [0.15, 0.2) is 48.5 Å². The fraction of sp³-hybridized carbons (Fsp3) is 0.364. The van der Waals surface area contributed by atoms with Gasteiger partial charge in [-0.25, -0.2) is 8.42 Å². The number of aryl methyl sites for hydroxylation is 1. The number of benzene rings is 2. The molecule has 2 rings (SSSR count). The van der Waals surface area contributed by atoms with E-state index in [9.17, 15) is 28.1 Å². The molecule has 1 unspecified atom stereocenters. The fourth-order valence-electron chi connectivity index (χ4n) is 3.44. The van der Waals surface area contributed by atoms with Gasteiger partial charge in [0.05, 0.1) is 16.9 Å². The minimum Gasteiger partial charge on any atom is -0.357 e. The van der Waals surface area contributed by atoms with E-state index in [-0.39, 0.29) is 23.8 Å². The van der Waals surface area contributed by atoms with Crippen molar-refractivity contribution in [1.82, 2.24) is 10.2 Å². The molecule has 33 heavy (non-hydrogen) atoms. The van der Waals surface area contributed by atoms with Gasteiger partial charge in [-0.2, -0.15) is 0 Å². The first-order valence-electron chi connectivity index (χ1n) is 10.3. The summed E-state index contributed by atoms with van der Waals surface area (Å²) in [6.07, 6.45) is 1.24. The number of hydrogen-bond acceptors (Lipinski definition) is 6. The highest BCUT2D eigenvalue weighted by atomic mass is 32.2. The zero-order chi connectivity index (χ0) is 24.8. The van der Waals surface area contributed by atoms with E-state index >= 15 is 0 Å². The maximum atomic E-state index is 13.4. The number of anilines is 1. The van der Waals surface area contributed by atoms with Crippen molar-refractivity contribution in [3.63, 3.8) is 0 Å². The number of hydrogen-bond donors (Lipinski definition) is 1. The predicted octanol–water partition coefficient (Wildman–Crippen LogP) is 2.22. The Morgan fingerprint density at radius 1 is 1.15 bits per heavy atom. The van der Waals surface area contributed by atoms with Crippen LogP contribution < -0.4 is 9.62 Å². The van der Waals surface area contributed by atoms with Gasteiger partial charge in [0.1, 0.15) is 12.6 Å². The molecule has 0 bridgehead atoms. The Balaban J connectivity index is 2.50. The molecule has 0 aliphatic carbocycles. The number of nitro groups is 1. The van der Waals surface area contributed by atoms with Crippen molar-refractivity contribution >= 4 is 33.2 Å². The molecular weight excluding hydrogens is 448 g/mol. The standard InChI is InChI=1S/C22H28N4O6S/c1-5-19(22(28)23-3)24(14-17-9-7-6-8-10-17)21(27)15-25(33(4,31)32)20-13-18(26(29)30)12-11-16(20)2/h6-13,19H,5,14-15H2,1-4H3,(H,23,28). The van der Waals surface area contributed by atoms with Gasteiger partial charge in [0, 0.05) is 25.7 Å². The highest BCUT2D eigenvalue weighted by Gasteiger charge is 2.32. The van der Waals surface area contributed by atoms with Crippen molar-refractivity contribution in [2.24, 2.45) is 0 Å². The van der Waals surface area contributed by atoms with Crippen LogP contribution in [0.5, 0.6) is 0 Å². The number of nitrogens with zero attached hydrogens (tertiary/aromatic N) is 3. The van der Waals surface area contributed by atoms with Crippen LogP contribution in [0.4, 0.5) is 11.4 Å². The molecule has 0 heterocycles. The van der Waals surface area contributed by atoms with Gasteiger partial charge in [0.2, 0.25) is 21.8 Å². The molecule has 0 saturated carbocycles. The second-order valence-corrected chi connectivity index (χ2v) is 9.45. The number of non-ortho nitro benzene ring substituents is 1. The highest BCUT2D eigenvalue weighted by Crippen LogP contribution is 2.28. The summed E-state index contributed by atoms with van der Waals surface area (Å²) in [5.41, 5.74) is 0.958. The first-order valence-corrected chi connectivity index (χ1v) is 12.1. The van der Waals surface area contributed by atoms with E-state index in [2.05, 4.69) is 5.32 Å². The quantitative estimate of drug-likeness (QED) is 0.413. The molecule has 1 N–H and O–H groups in total. The lowest BCUT2D eigenvalue weighted by Gasteiger charge is -2.32. The molecule has 2 amide bonds. The van der Waals surface area contributed by atoms with Crippen LogP contribution in [0, 0.1) is 17.0 Å². The van der Waals surface area contributed by atoms with E-state index < -0.39 is 33.4 Å². The fourth-order valence-corrected chi connectivity index (χ4v) is 4.34. The van der Waals surface area contributed by atoms with Gasteiger partial charge >= 0.3 is 0 Å². The Bertz CT molecular complexity index is 1120. The number of rotatable bonds is 10. The molecule has 0 radical (unpaired) electrons. The van der Waals surface area contributed by atoms with Crippen molar-refractivity contribution < 1.29 is 22.9 Å². The zero-order valence-corrected chi connectivity index (χ0v) is 19.8. The number of nitrogens with one attached hydrogen (secondary N) is 1. The van der Waals surface area contributed by atoms with Gasteiger partial charge in [-0.3, -0.25) is 24.0 Å². The van der Waals surface area contributed by atoms with Gasteiger partial charge in [0.15, 0.2) is 0 Å². The van der Waals surface area contributed by atoms with Gasteiger partial charge in [0.25, 0.3) is 5.69 Å². The second-order valence-electron chi connectivity index (χ2n) is 7.54. The van der Waals surface area contributed by atoms with Crippen molar-refractivity contribution in [1.29, 1.82) is 0 Å². The molecule has 0 fully saturated rings. The third-order valence-electron chi connectivity index (χ3n) is 5.18. The van der Waals surface area contributed by atoms with E-state index in [4.69, 9.17) is 0 Å². The number of carbonyl (C=O) groups is 2. The van der Waals surface area contributed by atoms with Gasteiger partial charge < -0.3 is 10.2 Å².